The lowest BCUT2D eigenvalue weighted by Crippen LogP contribution is -2.18. The highest BCUT2D eigenvalue weighted by atomic mass is 19.1. The van der Waals surface area contributed by atoms with Crippen molar-refractivity contribution < 1.29 is 13.9 Å². The summed E-state index contributed by atoms with van der Waals surface area (Å²) in [7, 11) is 0. The van der Waals surface area contributed by atoms with Gasteiger partial charge in [0.05, 0.1) is 11.6 Å². The summed E-state index contributed by atoms with van der Waals surface area (Å²) in [5, 5.41) is 0. The molecule has 0 bridgehead atoms. The van der Waals surface area contributed by atoms with E-state index >= 15 is 0 Å². The molecule has 3 nitrogen and oxygen atoms in total. The second-order valence-electron chi connectivity index (χ2n) is 11.6. The molecule has 0 radical (unpaired) electrons. The van der Waals surface area contributed by atoms with Crippen molar-refractivity contribution in [1.29, 1.82) is 0 Å². The summed E-state index contributed by atoms with van der Waals surface area (Å²) in [6.45, 7) is 8.43. The van der Waals surface area contributed by atoms with E-state index in [1.54, 1.807) is 6.07 Å². The highest BCUT2D eigenvalue weighted by molar-refractivity contribution is 5.75. The maximum Gasteiger partial charge on any atom is 0.314 e. The summed E-state index contributed by atoms with van der Waals surface area (Å²) in [6, 6.07) is 17.3. The minimum Gasteiger partial charge on any atom is -0.423 e. The van der Waals surface area contributed by atoms with E-state index < -0.39 is 5.82 Å². The average molecular weight is 546 g/mol. The molecule has 0 aliphatic rings. The van der Waals surface area contributed by atoms with E-state index in [-0.39, 0.29) is 17.6 Å². The van der Waals surface area contributed by atoms with E-state index in [4.69, 9.17) is 4.74 Å². The maximum absolute atomic E-state index is 14.8. The number of nitrogens with zero attached hydrogens (tertiary/aromatic N) is 1. The molecule has 4 heteroatoms. The van der Waals surface area contributed by atoms with Gasteiger partial charge in [0.1, 0.15) is 0 Å². The van der Waals surface area contributed by atoms with Crippen molar-refractivity contribution in [3.8, 4) is 28.1 Å². The Kier molecular flexibility index (Phi) is 13.4. The van der Waals surface area contributed by atoms with Crippen molar-refractivity contribution in [2.75, 3.05) is 0 Å². The molecular formula is C36H48FNO2. The quantitative estimate of drug-likeness (QED) is 0.0962. The van der Waals surface area contributed by atoms with Gasteiger partial charge in [0, 0.05) is 17.3 Å². The first-order valence-electron chi connectivity index (χ1n) is 15.4. The molecular weight excluding hydrogens is 497 g/mol. The van der Waals surface area contributed by atoms with Gasteiger partial charge in [-0.15, -0.1) is 0 Å². The van der Waals surface area contributed by atoms with Crippen molar-refractivity contribution in [3.05, 3.63) is 72.2 Å². The van der Waals surface area contributed by atoms with Crippen LogP contribution >= 0.6 is 0 Å². The molecule has 40 heavy (non-hydrogen) atoms. The van der Waals surface area contributed by atoms with E-state index in [2.05, 4.69) is 50.0 Å². The molecule has 0 saturated heterocycles. The molecule has 0 spiro atoms. The van der Waals surface area contributed by atoms with E-state index in [0.717, 1.165) is 36.8 Å². The van der Waals surface area contributed by atoms with Crippen LogP contribution in [0, 0.1) is 17.7 Å². The monoisotopic (exact) mass is 545 g/mol. The summed E-state index contributed by atoms with van der Waals surface area (Å²) < 4.78 is 20.2. The van der Waals surface area contributed by atoms with Crippen LogP contribution in [0.4, 0.5) is 4.39 Å². The van der Waals surface area contributed by atoms with Gasteiger partial charge in [-0.25, -0.2) is 4.39 Å². The van der Waals surface area contributed by atoms with E-state index in [1.165, 1.54) is 69.1 Å². The maximum atomic E-state index is 14.8. The molecule has 0 amide bonds. The SMILES string of the molecule is CCCCCCCCCCc1ccc(-c2ccc(-c3ccc(OC(=O)[C@@H](C)CCCC(C)C)c(F)c3)nc2)cc1. The Hall–Kier alpha value is -3.01. The highest BCUT2D eigenvalue weighted by Gasteiger charge is 2.18. The summed E-state index contributed by atoms with van der Waals surface area (Å²) >= 11 is 0. The van der Waals surface area contributed by atoms with Crippen LogP contribution in [0.25, 0.3) is 22.4 Å². The summed E-state index contributed by atoms with van der Waals surface area (Å²) in [4.78, 5) is 17.0. The topological polar surface area (TPSA) is 39.2 Å². The molecule has 0 unspecified atom stereocenters. The number of hydrogen-bond donors (Lipinski definition) is 0. The van der Waals surface area contributed by atoms with Crippen LogP contribution in [0.5, 0.6) is 5.75 Å². The lowest BCUT2D eigenvalue weighted by Gasteiger charge is -2.13. The number of pyridine rings is 1. The number of esters is 1. The first kappa shape index (κ1) is 31.5. The fourth-order valence-corrected chi connectivity index (χ4v) is 4.96. The van der Waals surface area contributed by atoms with Gasteiger partial charge in [-0.05, 0) is 60.6 Å². The number of aryl methyl sites for hydroxylation is 1. The molecule has 0 fully saturated rings. The predicted octanol–water partition coefficient (Wildman–Crippen LogP) is 10.6. The zero-order valence-electron chi connectivity index (χ0n) is 25.1. The summed E-state index contributed by atoms with van der Waals surface area (Å²) in [6.07, 6.45) is 16.4. The zero-order chi connectivity index (χ0) is 28.7. The van der Waals surface area contributed by atoms with Crippen LogP contribution in [0.15, 0.2) is 60.8 Å². The number of ether oxygens (including phenoxy) is 1. The van der Waals surface area contributed by atoms with Gasteiger partial charge in [0.25, 0.3) is 0 Å². The number of carbonyl (C=O) groups is 1. The summed E-state index contributed by atoms with van der Waals surface area (Å²) in [5.74, 6) is -0.634. The Labute approximate surface area is 241 Å². The zero-order valence-corrected chi connectivity index (χ0v) is 25.1. The minimum absolute atomic E-state index is 0.0341. The molecule has 216 valence electrons. The number of unbranched alkanes of at least 4 members (excludes halogenated alkanes) is 7. The average Bonchev–Trinajstić information content (AvgIpc) is 2.95. The van der Waals surface area contributed by atoms with Gasteiger partial charge >= 0.3 is 5.97 Å². The molecule has 0 N–H and O–H groups in total. The molecule has 0 saturated carbocycles. The number of hydrogen-bond acceptors (Lipinski definition) is 3. The Morgan fingerprint density at radius 1 is 0.775 bits per heavy atom. The van der Waals surface area contributed by atoms with Gasteiger partial charge in [-0.1, -0.05) is 116 Å². The second kappa shape index (κ2) is 16.9. The number of benzene rings is 2. The molecule has 0 aliphatic heterocycles. The normalized spacial score (nSPS) is 12.1. The third-order valence-corrected chi connectivity index (χ3v) is 7.63. The molecule has 3 aromatic rings. The van der Waals surface area contributed by atoms with Crippen LogP contribution in [0.1, 0.15) is 104 Å². The van der Waals surface area contributed by atoms with Gasteiger partial charge in [0.2, 0.25) is 0 Å². The Morgan fingerprint density at radius 3 is 2.05 bits per heavy atom. The lowest BCUT2D eigenvalue weighted by molar-refractivity contribution is -0.138. The van der Waals surface area contributed by atoms with Crippen molar-refractivity contribution in [1.82, 2.24) is 4.98 Å². The van der Waals surface area contributed by atoms with Gasteiger partial charge in [-0.2, -0.15) is 0 Å². The highest BCUT2D eigenvalue weighted by Crippen LogP contribution is 2.28. The van der Waals surface area contributed by atoms with Crippen molar-refractivity contribution >= 4 is 5.97 Å². The van der Waals surface area contributed by atoms with Crippen molar-refractivity contribution in [2.24, 2.45) is 11.8 Å². The van der Waals surface area contributed by atoms with Gasteiger partial charge < -0.3 is 4.74 Å². The van der Waals surface area contributed by atoms with Crippen LogP contribution in [0.3, 0.4) is 0 Å². The predicted molar refractivity (Wildman–Crippen MR) is 165 cm³/mol. The lowest BCUT2D eigenvalue weighted by atomic mass is 10.00. The molecule has 3 rings (SSSR count). The van der Waals surface area contributed by atoms with Crippen LogP contribution in [-0.2, 0) is 11.2 Å². The van der Waals surface area contributed by atoms with Crippen molar-refractivity contribution in [3.63, 3.8) is 0 Å². The molecule has 0 aliphatic carbocycles. The fourth-order valence-electron chi connectivity index (χ4n) is 4.96. The third kappa shape index (κ3) is 10.5. The summed E-state index contributed by atoms with van der Waals surface area (Å²) in [5.41, 5.74) is 4.85. The molecule has 1 heterocycles. The largest absolute Gasteiger partial charge is 0.423 e. The molecule has 2 aromatic carbocycles. The van der Waals surface area contributed by atoms with Gasteiger partial charge in [-0.3, -0.25) is 9.78 Å². The number of rotatable bonds is 17. The second-order valence-corrected chi connectivity index (χ2v) is 11.6. The van der Waals surface area contributed by atoms with E-state index in [9.17, 15) is 9.18 Å². The smallest absolute Gasteiger partial charge is 0.314 e. The first-order valence-corrected chi connectivity index (χ1v) is 15.4. The molecule has 1 aromatic heterocycles. The fraction of sp³-hybridized carbons (Fsp3) is 0.500. The number of aromatic nitrogens is 1. The standard InChI is InChI=1S/C36H48FNO2/c1-5-6-7-8-9-10-11-12-16-29-17-19-30(20-18-29)32-21-23-34(38-26-32)31-22-24-35(33(37)25-31)40-36(39)28(4)15-13-14-27(2)3/h17-28H,5-16H2,1-4H3/t28-/m0/s1. The Balaban J connectivity index is 1.49. The van der Waals surface area contributed by atoms with Crippen LogP contribution < -0.4 is 4.74 Å². The van der Waals surface area contributed by atoms with Gasteiger partial charge in [0.15, 0.2) is 11.6 Å². The third-order valence-electron chi connectivity index (χ3n) is 7.63. The van der Waals surface area contributed by atoms with Crippen molar-refractivity contribution in [2.45, 2.75) is 105 Å². The Morgan fingerprint density at radius 2 is 1.43 bits per heavy atom. The minimum atomic E-state index is -0.557. The number of halogens is 1. The van der Waals surface area contributed by atoms with E-state index in [1.807, 2.05) is 25.3 Å². The van der Waals surface area contributed by atoms with Crippen LogP contribution in [0.2, 0.25) is 0 Å². The molecule has 1 atom stereocenters. The Bertz CT molecular complexity index is 1150. The van der Waals surface area contributed by atoms with E-state index in [0.29, 0.717) is 17.2 Å². The number of carbonyl (C=O) groups excluding carboxylic acids is 1. The first-order chi connectivity index (χ1) is 19.4. The van der Waals surface area contributed by atoms with Crippen LogP contribution in [-0.4, -0.2) is 11.0 Å².